The third kappa shape index (κ3) is 4.61. The number of nitrogens with zero attached hydrogens (tertiary/aromatic N) is 3. The minimum Gasteiger partial charge on any atom is -0.337 e. The van der Waals surface area contributed by atoms with E-state index >= 15 is 0 Å². The van der Waals surface area contributed by atoms with Gasteiger partial charge in [-0.1, -0.05) is 48.5 Å². The van der Waals surface area contributed by atoms with E-state index in [-0.39, 0.29) is 23.5 Å². The van der Waals surface area contributed by atoms with Gasteiger partial charge in [-0.2, -0.15) is 5.10 Å². The van der Waals surface area contributed by atoms with Gasteiger partial charge in [0.2, 0.25) is 5.91 Å². The molecule has 1 saturated heterocycles. The molecule has 32 heavy (non-hydrogen) atoms. The fraction of sp³-hybridized carbons (Fsp3) is 0.240. The molecule has 4 rings (SSSR count). The van der Waals surface area contributed by atoms with E-state index in [0.29, 0.717) is 43.9 Å². The van der Waals surface area contributed by atoms with Crippen molar-refractivity contribution in [2.24, 2.45) is 5.92 Å². The Bertz CT molecular complexity index is 1100. The van der Waals surface area contributed by atoms with E-state index in [1.54, 1.807) is 40.1 Å². The molecule has 0 unspecified atom stereocenters. The van der Waals surface area contributed by atoms with Crippen LogP contribution in [-0.2, 0) is 11.2 Å². The highest BCUT2D eigenvalue weighted by atomic mass is 19.1. The molecule has 0 radical (unpaired) electrons. The maximum atomic E-state index is 14.1. The lowest BCUT2D eigenvalue weighted by Crippen LogP contribution is -2.38. The van der Waals surface area contributed by atoms with Gasteiger partial charge in [0, 0.05) is 37.9 Å². The molecule has 2 amide bonds. The van der Waals surface area contributed by atoms with E-state index in [1.807, 2.05) is 24.3 Å². The molecule has 1 N–H and O–H groups in total. The number of halogens is 1. The van der Waals surface area contributed by atoms with Crippen molar-refractivity contribution in [1.82, 2.24) is 20.0 Å². The molecule has 2 heterocycles. The fourth-order valence-corrected chi connectivity index (χ4v) is 4.06. The summed E-state index contributed by atoms with van der Waals surface area (Å²) < 4.78 is 14.1. The van der Waals surface area contributed by atoms with Gasteiger partial charge in [0.05, 0.1) is 5.92 Å². The first-order valence-corrected chi connectivity index (χ1v) is 10.6. The normalized spacial score (nSPS) is 16.7. The highest BCUT2D eigenvalue weighted by molar-refractivity contribution is 5.93. The van der Waals surface area contributed by atoms with E-state index < -0.39 is 0 Å². The molecule has 1 aliphatic rings. The van der Waals surface area contributed by atoms with Crippen LogP contribution in [0.15, 0.2) is 73.4 Å². The summed E-state index contributed by atoms with van der Waals surface area (Å²) in [5.74, 6) is -0.825. The maximum Gasteiger partial charge on any atom is 0.271 e. The standard InChI is InChI=1S/C25H25FN4O2/c1-2-13-29-14-15-30(25(32)23-11-12-27-28-23)17-20(24(29)31)16-18-7-9-19(10-8-18)21-5-3-4-6-22(21)26/h2-12,20H,1,13-17H2,(H,27,28)/t20-/m0/s1. The SMILES string of the molecule is C=CCN1CCN(C(=O)c2ccn[nH]2)C[C@H](Cc2ccc(-c3ccccc3F)cc2)C1=O. The molecule has 1 aromatic heterocycles. The molecular formula is C25H25FN4O2. The van der Waals surface area contributed by atoms with Gasteiger partial charge < -0.3 is 9.80 Å². The summed E-state index contributed by atoms with van der Waals surface area (Å²) in [5, 5.41) is 6.56. The summed E-state index contributed by atoms with van der Waals surface area (Å²) >= 11 is 0. The lowest BCUT2D eigenvalue weighted by atomic mass is 9.95. The van der Waals surface area contributed by atoms with Crippen molar-refractivity contribution in [1.29, 1.82) is 0 Å². The Morgan fingerprint density at radius 3 is 2.62 bits per heavy atom. The molecule has 0 bridgehead atoms. The highest BCUT2D eigenvalue weighted by Gasteiger charge is 2.32. The van der Waals surface area contributed by atoms with Gasteiger partial charge in [-0.25, -0.2) is 4.39 Å². The van der Waals surface area contributed by atoms with Crippen LogP contribution < -0.4 is 0 Å². The topological polar surface area (TPSA) is 69.3 Å². The monoisotopic (exact) mass is 432 g/mol. The number of benzene rings is 2. The number of hydrogen-bond donors (Lipinski definition) is 1. The molecule has 1 atom stereocenters. The average molecular weight is 432 g/mol. The van der Waals surface area contributed by atoms with Crippen molar-refractivity contribution >= 4 is 11.8 Å². The summed E-state index contributed by atoms with van der Waals surface area (Å²) in [6.45, 7) is 5.40. The fourth-order valence-electron chi connectivity index (χ4n) is 4.06. The third-order valence-electron chi connectivity index (χ3n) is 5.73. The quantitative estimate of drug-likeness (QED) is 0.606. The number of amides is 2. The van der Waals surface area contributed by atoms with Crippen molar-refractivity contribution in [3.8, 4) is 11.1 Å². The molecule has 1 fully saturated rings. The van der Waals surface area contributed by atoms with Crippen molar-refractivity contribution in [3.05, 3.63) is 90.5 Å². The van der Waals surface area contributed by atoms with Gasteiger partial charge in [-0.15, -0.1) is 6.58 Å². The van der Waals surface area contributed by atoms with E-state index in [9.17, 15) is 14.0 Å². The Kier molecular flexibility index (Phi) is 6.44. The number of carbonyl (C=O) groups is 2. The van der Waals surface area contributed by atoms with E-state index in [0.717, 1.165) is 11.1 Å². The largest absolute Gasteiger partial charge is 0.337 e. The number of nitrogens with one attached hydrogen (secondary N) is 1. The van der Waals surface area contributed by atoms with Crippen LogP contribution in [0.3, 0.4) is 0 Å². The molecule has 1 aliphatic heterocycles. The van der Waals surface area contributed by atoms with Crippen LogP contribution in [0.1, 0.15) is 16.1 Å². The van der Waals surface area contributed by atoms with Gasteiger partial charge in [-0.05, 0) is 29.7 Å². The van der Waals surface area contributed by atoms with Crippen LogP contribution in [0.25, 0.3) is 11.1 Å². The second-order valence-electron chi connectivity index (χ2n) is 7.87. The molecule has 164 valence electrons. The smallest absolute Gasteiger partial charge is 0.271 e. The lowest BCUT2D eigenvalue weighted by molar-refractivity contribution is -0.134. The van der Waals surface area contributed by atoms with Crippen molar-refractivity contribution in [2.75, 3.05) is 26.2 Å². The predicted molar refractivity (Wildman–Crippen MR) is 120 cm³/mol. The number of H-pyrrole nitrogens is 1. The van der Waals surface area contributed by atoms with Gasteiger partial charge >= 0.3 is 0 Å². The molecule has 0 spiro atoms. The van der Waals surface area contributed by atoms with Gasteiger partial charge in [0.1, 0.15) is 11.5 Å². The highest BCUT2D eigenvalue weighted by Crippen LogP contribution is 2.24. The first-order valence-electron chi connectivity index (χ1n) is 10.6. The predicted octanol–water partition coefficient (Wildman–Crippen LogP) is 3.55. The Morgan fingerprint density at radius 2 is 1.94 bits per heavy atom. The molecule has 6 nitrogen and oxygen atoms in total. The zero-order chi connectivity index (χ0) is 22.5. The summed E-state index contributed by atoms with van der Waals surface area (Å²) in [5.41, 5.74) is 2.68. The Labute approximate surface area is 186 Å². The summed E-state index contributed by atoms with van der Waals surface area (Å²) in [7, 11) is 0. The summed E-state index contributed by atoms with van der Waals surface area (Å²) in [4.78, 5) is 29.5. The Hall–Kier alpha value is -3.74. The number of aromatic amines is 1. The molecule has 0 saturated carbocycles. The Morgan fingerprint density at radius 1 is 1.16 bits per heavy atom. The van der Waals surface area contributed by atoms with Crippen LogP contribution in [0, 0.1) is 11.7 Å². The van der Waals surface area contributed by atoms with E-state index in [2.05, 4.69) is 16.8 Å². The molecule has 2 aromatic carbocycles. The minimum atomic E-state index is -0.386. The van der Waals surface area contributed by atoms with E-state index in [4.69, 9.17) is 0 Å². The third-order valence-corrected chi connectivity index (χ3v) is 5.73. The van der Waals surface area contributed by atoms with Crippen LogP contribution >= 0.6 is 0 Å². The van der Waals surface area contributed by atoms with Crippen LogP contribution in [0.2, 0.25) is 0 Å². The average Bonchev–Trinajstić information content (AvgIpc) is 3.30. The molecular weight excluding hydrogens is 407 g/mol. The number of aromatic nitrogens is 2. The number of rotatable bonds is 6. The van der Waals surface area contributed by atoms with Crippen molar-refractivity contribution < 1.29 is 14.0 Å². The van der Waals surface area contributed by atoms with Crippen LogP contribution in [-0.4, -0.2) is 58.0 Å². The lowest BCUT2D eigenvalue weighted by Gasteiger charge is -2.23. The Balaban J connectivity index is 1.55. The first-order chi connectivity index (χ1) is 15.6. The molecule has 3 aromatic rings. The zero-order valence-corrected chi connectivity index (χ0v) is 17.7. The number of carbonyl (C=O) groups excluding carboxylic acids is 2. The minimum absolute atomic E-state index is 0.00277. The summed E-state index contributed by atoms with van der Waals surface area (Å²) in [6.07, 6.45) is 3.72. The maximum absolute atomic E-state index is 14.1. The van der Waals surface area contributed by atoms with Crippen LogP contribution in [0.5, 0.6) is 0 Å². The summed E-state index contributed by atoms with van der Waals surface area (Å²) in [6, 6.07) is 15.8. The zero-order valence-electron chi connectivity index (χ0n) is 17.7. The van der Waals surface area contributed by atoms with E-state index in [1.165, 1.54) is 12.3 Å². The van der Waals surface area contributed by atoms with Crippen LogP contribution in [0.4, 0.5) is 4.39 Å². The second kappa shape index (κ2) is 9.60. The van der Waals surface area contributed by atoms with Gasteiger partial charge in [0.25, 0.3) is 5.91 Å². The van der Waals surface area contributed by atoms with Crippen molar-refractivity contribution in [2.45, 2.75) is 6.42 Å². The number of hydrogen-bond acceptors (Lipinski definition) is 3. The first kappa shape index (κ1) is 21.5. The van der Waals surface area contributed by atoms with Gasteiger partial charge in [-0.3, -0.25) is 14.7 Å². The second-order valence-corrected chi connectivity index (χ2v) is 7.87. The van der Waals surface area contributed by atoms with Gasteiger partial charge in [0.15, 0.2) is 0 Å². The molecule has 0 aliphatic carbocycles. The molecule has 7 heteroatoms. The van der Waals surface area contributed by atoms with Crippen molar-refractivity contribution in [3.63, 3.8) is 0 Å².